The second-order valence-corrected chi connectivity index (χ2v) is 5.50. The Labute approximate surface area is 152 Å². The van der Waals surface area contributed by atoms with Crippen LogP contribution in [0.15, 0.2) is 60.7 Å². The molecule has 0 aliphatic carbocycles. The number of benzene rings is 2. The van der Waals surface area contributed by atoms with Crippen molar-refractivity contribution in [2.45, 2.75) is 25.7 Å². The van der Waals surface area contributed by atoms with Crippen LogP contribution in [0.5, 0.6) is 0 Å². The van der Waals surface area contributed by atoms with Gasteiger partial charge in [0.25, 0.3) is 5.91 Å². The highest BCUT2D eigenvalue weighted by Crippen LogP contribution is 2.03. The highest BCUT2D eigenvalue weighted by molar-refractivity contribution is 5.94. The number of amides is 1. The van der Waals surface area contributed by atoms with E-state index < -0.39 is 11.9 Å². The molecule has 0 radical (unpaired) electrons. The molecule has 0 spiro atoms. The van der Waals surface area contributed by atoms with Gasteiger partial charge in [0.2, 0.25) is 0 Å². The summed E-state index contributed by atoms with van der Waals surface area (Å²) in [5.41, 5.74) is 1.75. The Morgan fingerprint density at radius 3 is 1.85 bits per heavy atom. The summed E-state index contributed by atoms with van der Waals surface area (Å²) in [6, 6.07) is 18.6. The van der Waals surface area contributed by atoms with Gasteiger partial charge in [0, 0.05) is 18.5 Å². The van der Waals surface area contributed by atoms with Crippen molar-refractivity contribution >= 4 is 17.8 Å². The summed E-state index contributed by atoms with van der Waals surface area (Å²) in [5.74, 6) is -1.88. The Morgan fingerprint density at radius 2 is 1.31 bits per heavy atom. The lowest BCUT2D eigenvalue weighted by molar-refractivity contribution is -0.138. The molecule has 0 atom stereocenters. The predicted molar refractivity (Wildman–Crippen MR) is 98.0 cm³/mol. The largest absolute Gasteiger partial charge is 0.481 e. The van der Waals surface area contributed by atoms with Crippen LogP contribution in [-0.4, -0.2) is 34.6 Å². The number of hydrogen-bond acceptors (Lipinski definition) is 3. The van der Waals surface area contributed by atoms with Crippen molar-refractivity contribution < 1.29 is 24.6 Å². The van der Waals surface area contributed by atoms with E-state index in [0.717, 1.165) is 12.8 Å². The zero-order valence-corrected chi connectivity index (χ0v) is 14.4. The number of carboxylic acid groups (broad SMARTS) is 2. The van der Waals surface area contributed by atoms with Crippen molar-refractivity contribution in [1.29, 1.82) is 0 Å². The molecule has 2 aromatic rings. The minimum absolute atomic E-state index is 0.0570. The summed E-state index contributed by atoms with van der Waals surface area (Å²) < 4.78 is 0. The lowest BCUT2D eigenvalue weighted by Crippen LogP contribution is -2.25. The molecule has 0 fully saturated rings. The summed E-state index contributed by atoms with van der Waals surface area (Å²) in [5, 5.41) is 19.2. The molecule has 26 heavy (non-hydrogen) atoms. The number of carboxylic acids is 2. The van der Waals surface area contributed by atoms with E-state index in [1.807, 2.05) is 36.4 Å². The summed E-state index contributed by atoms with van der Waals surface area (Å²) in [7, 11) is 0. The first kappa shape index (κ1) is 20.9. The van der Waals surface area contributed by atoms with Crippen LogP contribution in [0.1, 0.15) is 35.2 Å². The third-order valence-corrected chi connectivity index (χ3v) is 3.36. The zero-order valence-electron chi connectivity index (χ0n) is 14.4. The maximum Gasteiger partial charge on any atom is 0.305 e. The van der Waals surface area contributed by atoms with Crippen LogP contribution in [0, 0.1) is 0 Å². The first-order chi connectivity index (χ1) is 12.5. The highest BCUT2D eigenvalue weighted by atomic mass is 16.4. The topological polar surface area (TPSA) is 104 Å². The molecule has 2 rings (SSSR count). The first-order valence-corrected chi connectivity index (χ1v) is 8.30. The number of carbonyl (C=O) groups excluding carboxylic acids is 1. The second kappa shape index (κ2) is 12.2. The lowest BCUT2D eigenvalue weighted by atomic mass is 10.1. The van der Waals surface area contributed by atoms with Crippen LogP contribution in [0.2, 0.25) is 0 Å². The van der Waals surface area contributed by atoms with Gasteiger partial charge in [-0.2, -0.15) is 0 Å². The molecule has 6 heteroatoms. The van der Waals surface area contributed by atoms with Gasteiger partial charge >= 0.3 is 11.9 Å². The maximum atomic E-state index is 11.3. The fourth-order valence-electron chi connectivity index (χ4n) is 2.06. The van der Waals surface area contributed by atoms with E-state index in [4.69, 9.17) is 10.2 Å². The number of nitrogens with one attached hydrogen (secondary N) is 1. The van der Waals surface area contributed by atoms with Gasteiger partial charge in [-0.3, -0.25) is 14.4 Å². The van der Waals surface area contributed by atoms with Gasteiger partial charge in [-0.05, 0) is 30.5 Å². The SMILES string of the molecule is O=C(O)CCCc1ccccc1.O=C(O)CCNC(=O)c1ccccc1. The smallest absolute Gasteiger partial charge is 0.305 e. The average Bonchev–Trinajstić information content (AvgIpc) is 2.63. The quantitative estimate of drug-likeness (QED) is 0.674. The van der Waals surface area contributed by atoms with Gasteiger partial charge in [0.15, 0.2) is 0 Å². The van der Waals surface area contributed by atoms with Crippen LogP contribution in [0.4, 0.5) is 0 Å². The summed E-state index contributed by atoms with van der Waals surface area (Å²) >= 11 is 0. The van der Waals surface area contributed by atoms with Crippen molar-refractivity contribution in [2.75, 3.05) is 6.54 Å². The molecule has 0 bridgehead atoms. The number of aliphatic carboxylic acids is 2. The van der Waals surface area contributed by atoms with Crippen molar-refractivity contribution in [3.05, 3.63) is 71.8 Å². The zero-order chi connectivity index (χ0) is 19.2. The van der Waals surface area contributed by atoms with Gasteiger partial charge in [0.05, 0.1) is 6.42 Å². The molecule has 2 aromatic carbocycles. The van der Waals surface area contributed by atoms with E-state index in [0.29, 0.717) is 5.56 Å². The van der Waals surface area contributed by atoms with Crippen LogP contribution in [-0.2, 0) is 16.0 Å². The van der Waals surface area contributed by atoms with Crippen molar-refractivity contribution in [1.82, 2.24) is 5.32 Å². The normalized spacial score (nSPS) is 9.54. The van der Waals surface area contributed by atoms with E-state index >= 15 is 0 Å². The molecule has 0 heterocycles. The fourth-order valence-corrected chi connectivity index (χ4v) is 2.06. The van der Waals surface area contributed by atoms with Gasteiger partial charge < -0.3 is 15.5 Å². The van der Waals surface area contributed by atoms with E-state index in [1.54, 1.807) is 24.3 Å². The molecule has 0 saturated heterocycles. The van der Waals surface area contributed by atoms with E-state index in [2.05, 4.69) is 5.32 Å². The highest BCUT2D eigenvalue weighted by Gasteiger charge is 2.04. The Morgan fingerprint density at radius 1 is 0.769 bits per heavy atom. The predicted octanol–water partition coefficient (Wildman–Crippen LogP) is 2.99. The van der Waals surface area contributed by atoms with Gasteiger partial charge in [-0.15, -0.1) is 0 Å². The molecular formula is C20H23NO5. The Hall–Kier alpha value is -3.15. The lowest BCUT2D eigenvalue weighted by Gasteiger charge is -2.02. The summed E-state index contributed by atoms with van der Waals surface area (Å²) in [6.07, 6.45) is 1.78. The molecule has 3 N–H and O–H groups in total. The van der Waals surface area contributed by atoms with E-state index in [9.17, 15) is 14.4 Å². The molecule has 1 amide bonds. The Bertz CT molecular complexity index is 686. The van der Waals surface area contributed by atoms with Crippen LogP contribution >= 0.6 is 0 Å². The van der Waals surface area contributed by atoms with Crippen molar-refractivity contribution in [2.24, 2.45) is 0 Å². The maximum absolute atomic E-state index is 11.3. The Kier molecular flexibility index (Phi) is 9.84. The summed E-state index contributed by atoms with van der Waals surface area (Å²) in [6.45, 7) is 0.156. The minimum Gasteiger partial charge on any atom is -0.481 e. The van der Waals surface area contributed by atoms with Gasteiger partial charge in [-0.25, -0.2) is 0 Å². The third-order valence-electron chi connectivity index (χ3n) is 3.36. The number of carbonyl (C=O) groups is 3. The molecule has 0 unspecified atom stereocenters. The molecule has 0 aliphatic rings. The second-order valence-electron chi connectivity index (χ2n) is 5.50. The molecule has 0 aromatic heterocycles. The molecular weight excluding hydrogens is 334 g/mol. The van der Waals surface area contributed by atoms with Gasteiger partial charge in [-0.1, -0.05) is 48.5 Å². The van der Waals surface area contributed by atoms with Crippen molar-refractivity contribution in [3.8, 4) is 0 Å². The minimum atomic E-state index is -0.918. The van der Waals surface area contributed by atoms with E-state index in [-0.39, 0.29) is 25.3 Å². The average molecular weight is 357 g/mol. The summed E-state index contributed by atoms with van der Waals surface area (Å²) in [4.78, 5) is 31.7. The monoisotopic (exact) mass is 357 g/mol. The van der Waals surface area contributed by atoms with Crippen LogP contribution in [0.25, 0.3) is 0 Å². The van der Waals surface area contributed by atoms with Gasteiger partial charge in [0.1, 0.15) is 0 Å². The van der Waals surface area contributed by atoms with E-state index in [1.165, 1.54) is 5.56 Å². The van der Waals surface area contributed by atoms with Crippen molar-refractivity contribution in [3.63, 3.8) is 0 Å². The molecule has 6 nitrogen and oxygen atoms in total. The van der Waals surface area contributed by atoms with Crippen LogP contribution in [0.3, 0.4) is 0 Å². The fraction of sp³-hybridized carbons (Fsp3) is 0.250. The molecule has 0 saturated carbocycles. The standard InChI is InChI=1S/C10H11NO3.C10H12O2/c12-9(13)6-7-11-10(14)8-4-2-1-3-5-8;11-10(12)8-4-7-9-5-2-1-3-6-9/h1-5H,6-7H2,(H,11,14)(H,12,13);1-3,5-6H,4,7-8H2,(H,11,12). The number of aryl methyl sites for hydroxylation is 1. The Balaban J connectivity index is 0.000000263. The number of hydrogen-bond donors (Lipinski definition) is 3. The molecule has 0 aliphatic heterocycles. The molecule has 138 valence electrons. The number of rotatable bonds is 8. The van der Waals surface area contributed by atoms with Crippen LogP contribution < -0.4 is 5.32 Å². The first-order valence-electron chi connectivity index (χ1n) is 8.30. The third kappa shape index (κ3) is 9.87.